The van der Waals surface area contributed by atoms with E-state index >= 15 is 0 Å². The zero-order valence-corrected chi connectivity index (χ0v) is 19.4. The third-order valence-corrected chi connectivity index (χ3v) is 6.15. The van der Waals surface area contributed by atoms with Gasteiger partial charge in [-0.1, -0.05) is 52.0 Å². The van der Waals surface area contributed by atoms with Gasteiger partial charge in [0, 0.05) is 36.2 Å². The maximum absolute atomic E-state index is 13.7. The second-order valence-corrected chi connectivity index (χ2v) is 10.1. The number of benzene rings is 2. The largest absolute Gasteiger partial charge is 0.357 e. The van der Waals surface area contributed by atoms with E-state index in [0.717, 1.165) is 11.4 Å². The fourth-order valence-electron chi connectivity index (χ4n) is 4.83. The number of hydrogen-bond donors (Lipinski definition) is 1. The molecule has 0 unspecified atom stereocenters. The molecule has 0 aromatic heterocycles. The van der Waals surface area contributed by atoms with Gasteiger partial charge in [-0.05, 0) is 35.4 Å². The van der Waals surface area contributed by atoms with Crippen molar-refractivity contribution in [3.8, 4) is 0 Å². The van der Waals surface area contributed by atoms with Crippen LogP contribution in [0.2, 0.25) is 0 Å². The molecule has 2 aliphatic rings. The van der Waals surface area contributed by atoms with Gasteiger partial charge in [-0.25, -0.2) is 0 Å². The summed E-state index contributed by atoms with van der Waals surface area (Å²) in [7, 11) is 0. The summed E-state index contributed by atoms with van der Waals surface area (Å²) in [5.74, 6) is -0.0522. The number of fused-ring (bicyclic) bond motifs is 1. The van der Waals surface area contributed by atoms with E-state index in [1.54, 1.807) is 17.0 Å². The minimum Gasteiger partial charge on any atom is -0.357 e. The first-order valence-corrected chi connectivity index (χ1v) is 11.3. The van der Waals surface area contributed by atoms with Gasteiger partial charge in [0.05, 0.1) is 22.3 Å². The number of ketones is 1. The van der Waals surface area contributed by atoms with Gasteiger partial charge in [-0.15, -0.1) is 0 Å². The number of rotatable bonds is 4. The summed E-state index contributed by atoms with van der Waals surface area (Å²) in [4.78, 5) is 40.0. The van der Waals surface area contributed by atoms with Gasteiger partial charge in [0.1, 0.15) is 0 Å². The molecular formula is C26H29N3O4. The van der Waals surface area contributed by atoms with E-state index in [9.17, 15) is 19.7 Å². The van der Waals surface area contributed by atoms with Crippen molar-refractivity contribution >= 4 is 28.8 Å². The van der Waals surface area contributed by atoms with Crippen LogP contribution in [0.4, 0.5) is 17.1 Å². The number of carbonyl (C=O) groups excluding carboxylic acids is 2. The molecule has 0 saturated carbocycles. The van der Waals surface area contributed by atoms with Crippen molar-refractivity contribution in [2.45, 2.75) is 53.0 Å². The average molecular weight is 448 g/mol. The summed E-state index contributed by atoms with van der Waals surface area (Å²) in [6.07, 6.45) is 1.28. The van der Waals surface area contributed by atoms with Crippen molar-refractivity contribution in [1.29, 1.82) is 0 Å². The number of allylic oxidation sites excluding steroid dienone is 1. The van der Waals surface area contributed by atoms with Crippen LogP contribution in [0, 0.1) is 21.4 Å². The number of carbonyl (C=O) groups is 2. The van der Waals surface area contributed by atoms with Crippen LogP contribution >= 0.6 is 0 Å². The lowest BCUT2D eigenvalue weighted by molar-refractivity contribution is -0.384. The summed E-state index contributed by atoms with van der Waals surface area (Å²) in [6.45, 7) is 8.05. The third-order valence-electron chi connectivity index (χ3n) is 6.15. The Morgan fingerprint density at radius 1 is 1.18 bits per heavy atom. The number of amides is 1. The molecule has 0 fully saturated rings. The van der Waals surface area contributed by atoms with Crippen molar-refractivity contribution in [3.63, 3.8) is 0 Å². The van der Waals surface area contributed by atoms with Crippen molar-refractivity contribution in [1.82, 2.24) is 0 Å². The van der Waals surface area contributed by atoms with Crippen molar-refractivity contribution in [3.05, 3.63) is 75.5 Å². The average Bonchev–Trinajstić information content (AvgIpc) is 2.86. The number of nitrogens with one attached hydrogen (secondary N) is 1. The maximum Gasteiger partial charge on any atom is 0.269 e. The van der Waals surface area contributed by atoms with E-state index < -0.39 is 11.0 Å². The van der Waals surface area contributed by atoms with Crippen LogP contribution < -0.4 is 10.2 Å². The van der Waals surface area contributed by atoms with E-state index in [1.807, 2.05) is 38.1 Å². The summed E-state index contributed by atoms with van der Waals surface area (Å²) < 4.78 is 0. The molecule has 1 aliphatic carbocycles. The van der Waals surface area contributed by atoms with Gasteiger partial charge >= 0.3 is 0 Å². The molecule has 2 aromatic carbocycles. The topological polar surface area (TPSA) is 92.6 Å². The third kappa shape index (κ3) is 4.40. The predicted molar refractivity (Wildman–Crippen MR) is 128 cm³/mol. The van der Waals surface area contributed by atoms with Crippen LogP contribution in [0.1, 0.15) is 58.6 Å². The summed E-state index contributed by atoms with van der Waals surface area (Å²) in [6, 6.07) is 13.0. The summed E-state index contributed by atoms with van der Waals surface area (Å²) in [5.41, 5.74) is 2.96. The molecule has 0 saturated heterocycles. The number of para-hydroxylation sites is 2. The van der Waals surface area contributed by atoms with E-state index in [1.165, 1.54) is 12.1 Å². The minimum atomic E-state index is -0.745. The highest BCUT2D eigenvalue weighted by molar-refractivity contribution is 6.06. The SMILES string of the molecule is CC(C)CC(=O)N1c2ccccc2NC2=C(C(=O)CC(C)(C)C2)[C@H]1c1cccc([N+](=O)[O-])c1. The van der Waals surface area contributed by atoms with Gasteiger partial charge in [0.25, 0.3) is 5.69 Å². The fourth-order valence-corrected chi connectivity index (χ4v) is 4.83. The molecule has 1 aliphatic heterocycles. The van der Waals surface area contributed by atoms with E-state index in [-0.39, 0.29) is 28.7 Å². The highest BCUT2D eigenvalue weighted by Gasteiger charge is 2.43. The van der Waals surface area contributed by atoms with Crippen LogP contribution in [0.15, 0.2) is 59.8 Å². The molecule has 0 spiro atoms. The Bertz CT molecular complexity index is 1170. The summed E-state index contributed by atoms with van der Waals surface area (Å²) >= 11 is 0. The Hall–Kier alpha value is -3.48. The normalized spacial score (nSPS) is 19.5. The van der Waals surface area contributed by atoms with Crippen LogP contribution in [0.25, 0.3) is 0 Å². The number of non-ortho nitro benzene ring substituents is 1. The molecule has 0 bridgehead atoms. The second-order valence-electron chi connectivity index (χ2n) is 10.1. The first-order valence-electron chi connectivity index (χ1n) is 11.3. The molecule has 2 aromatic rings. The van der Waals surface area contributed by atoms with Gasteiger partial charge < -0.3 is 5.32 Å². The lowest BCUT2D eigenvalue weighted by atomic mass is 9.73. The fraction of sp³-hybridized carbons (Fsp3) is 0.385. The standard InChI is InChI=1S/C26H29N3O4/c1-16(2)12-23(31)28-21-11-6-5-10-19(21)27-20-14-26(3,4)15-22(30)24(20)25(28)17-8-7-9-18(13-17)29(32)33/h5-11,13,16,25,27H,12,14-15H2,1-4H3/t25-/m1/s1. The Morgan fingerprint density at radius 3 is 2.61 bits per heavy atom. The minimum absolute atomic E-state index is 0.0413. The molecule has 1 N–H and O–H groups in total. The molecule has 4 rings (SSSR count). The van der Waals surface area contributed by atoms with Crippen molar-refractivity contribution < 1.29 is 14.5 Å². The second kappa shape index (κ2) is 8.46. The Balaban J connectivity index is 2.01. The van der Waals surface area contributed by atoms with Gasteiger partial charge in [-0.3, -0.25) is 24.6 Å². The number of nitrogens with zero attached hydrogens (tertiary/aromatic N) is 2. The van der Waals surface area contributed by atoms with Gasteiger partial charge in [0.2, 0.25) is 5.91 Å². The molecule has 1 heterocycles. The first kappa shape index (κ1) is 22.7. The van der Waals surface area contributed by atoms with Gasteiger partial charge in [0.15, 0.2) is 5.78 Å². The zero-order valence-electron chi connectivity index (χ0n) is 19.4. The molecule has 0 radical (unpaired) electrons. The van der Waals surface area contributed by atoms with Crippen LogP contribution in [0.5, 0.6) is 0 Å². The van der Waals surface area contributed by atoms with Gasteiger partial charge in [-0.2, -0.15) is 0 Å². The smallest absolute Gasteiger partial charge is 0.269 e. The Kier molecular flexibility index (Phi) is 5.82. The Labute approximate surface area is 193 Å². The maximum atomic E-state index is 13.7. The van der Waals surface area contributed by atoms with E-state index in [2.05, 4.69) is 19.2 Å². The van der Waals surface area contributed by atoms with E-state index in [4.69, 9.17) is 0 Å². The monoisotopic (exact) mass is 447 g/mol. The van der Waals surface area contributed by atoms with Crippen molar-refractivity contribution in [2.24, 2.45) is 11.3 Å². The zero-order chi connectivity index (χ0) is 23.9. The molecule has 33 heavy (non-hydrogen) atoms. The Morgan fingerprint density at radius 2 is 1.91 bits per heavy atom. The molecule has 1 amide bonds. The van der Waals surface area contributed by atoms with Crippen molar-refractivity contribution in [2.75, 3.05) is 10.2 Å². The summed E-state index contributed by atoms with van der Waals surface area (Å²) in [5, 5.41) is 15.0. The number of nitro groups is 1. The highest BCUT2D eigenvalue weighted by Crippen LogP contribution is 2.48. The molecule has 172 valence electrons. The molecule has 7 heteroatoms. The van der Waals surface area contributed by atoms with E-state index in [0.29, 0.717) is 36.1 Å². The number of nitro benzene ring substituents is 1. The number of hydrogen-bond acceptors (Lipinski definition) is 5. The molecule has 1 atom stereocenters. The van der Waals surface area contributed by atoms with Crippen LogP contribution in [-0.2, 0) is 9.59 Å². The lowest BCUT2D eigenvalue weighted by Gasteiger charge is -2.37. The number of Topliss-reactive ketones (excluding diaryl/α,β-unsaturated/α-hetero) is 1. The highest BCUT2D eigenvalue weighted by atomic mass is 16.6. The van der Waals surface area contributed by atoms with Crippen LogP contribution in [0.3, 0.4) is 0 Å². The predicted octanol–water partition coefficient (Wildman–Crippen LogP) is 5.78. The first-order chi connectivity index (χ1) is 15.6. The molecule has 7 nitrogen and oxygen atoms in total. The lowest BCUT2D eigenvalue weighted by Crippen LogP contribution is -2.40. The number of anilines is 2. The molecular weight excluding hydrogens is 418 g/mol. The van der Waals surface area contributed by atoms with Crippen LogP contribution in [-0.4, -0.2) is 16.6 Å². The quantitative estimate of drug-likeness (QED) is 0.473.